The molecule has 1 aliphatic heterocycles. The van der Waals surface area contributed by atoms with Crippen LogP contribution < -0.4 is 19.5 Å². The molecule has 1 fully saturated rings. The van der Waals surface area contributed by atoms with Crippen LogP contribution >= 0.6 is 0 Å². The molecule has 2 aromatic rings. The van der Waals surface area contributed by atoms with Crippen LogP contribution in [0.1, 0.15) is 11.1 Å². The molecule has 0 saturated carbocycles. The Labute approximate surface area is 178 Å². The van der Waals surface area contributed by atoms with Crippen molar-refractivity contribution in [2.24, 2.45) is 0 Å². The molecule has 1 aliphatic rings. The molecule has 30 heavy (non-hydrogen) atoms. The molecule has 8 nitrogen and oxygen atoms in total. The highest BCUT2D eigenvalue weighted by molar-refractivity contribution is 7.85. The molecule has 0 aliphatic carbocycles. The largest absolute Gasteiger partial charge is 0.493 e. The van der Waals surface area contributed by atoms with Gasteiger partial charge in [-0.05, 0) is 25.1 Å². The van der Waals surface area contributed by atoms with Gasteiger partial charge < -0.3 is 19.5 Å². The molecule has 2 N–H and O–H groups in total. The van der Waals surface area contributed by atoms with Gasteiger partial charge in [-0.15, -0.1) is 0 Å². The van der Waals surface area contributed by atoms with Gasteiger partial charge in [0.05, 0.1) is 26.2 Å². The lowest BCUT2D eigenvalue weighted by molar-refractivity contribution is 0.228. The molecule has 0 amide bonds. The number of nitrogens with one attached hydrogen (secondary N) is 1. The Morgan fingerprint density at radius 1 is 0.933 bits per heavy atom. The summed E-state index contributed by atoms with van der Waals surface area (Å²) in [5.74, 6) is 2.13. The molecule has 1 saturated heterocycles. The molecule has 3 rings (SSSR count). The SMILES string of the molecule is COc1ccc(CN2CCNCC2)c(OC)c1OC.Cc1ccc(S(=O)(=O)O)cc1. The molecule has 0 atom stereocenters. The molecule has 2 aromatic carbocycles. The summed E-state index contributed by atoms with van der Waals surface area (Å²) in [6.07, 6.45) is 0. The van der Waals surface area contributed by atoms with Crippen molar-refractivity contribution >= 4 is 10.1 Å². The van der Waals surface area contributed by atoms with Crippen LogP contribution in [0.5, 0.6) is 17.2 Å². The van der Waals surface area contributed by atoms with Gasteiger partial charge in [0.15, 0.2) is 11.5 Å². The van der Waals surface area contributed by atoms with Crippen molar-refractivity contribution in [1.82, 2.24) is 10.2 Å². The third kappa shape index (κ3) is 6.60. The summed E-state index contributed by atoms with van der Waals surface area (Å²) < 4.78 is 45.8. The lowest BCUT2D eigenvalue weighted by Gasteiger charge is -2.28. The van der Waals surface area contributed by atoms with Gasteiger partial charge in [-0.25, -0.2) is 0 Å². The molecule has 0 radical (unpaired) electrons. The van der Waals surface area contributed by atoms with Crippen LogP contribution in [0.2, 0.25) is 0 Å². The molecule has 9 heteroatoms. The van der Waals surface area contributed by atoms with Crippen molar-refractivity contribution in [3.8, 4) is 17.2 Å². The van der Waals surface area contributed by atoms with Gasteiger partial charge in [0.2, 0.25) is 5.75 Å². The maximum Gasteiger partial charge on any atom is 0.294 e. The van der Waals surface area contributed by atoms with Crippen LogP contribution in [-0.2, 0) is 16.7 Å². The highest BCUT2D eigenvalue weighted by Gasteiger charge is 2.18. The number of nitrogens with zero attached hydrogens (tertiary/aromatic N) is 1. The second-order valence-corrected chi connectivity index (χ2v) is 8.23. The van der Waals surface area contributed by atoms with E-state index < -0.39 is 10.1 Å². The van der Waals surface area contributed by atoms with Gasteiger partial charge in [-0.2, -0.15) is 8.42 Å². The smallest absolute Gasteiger partial charge is 0.294 e. The molecular formula is C21H30N2O6S. The lowest BCUT2D eigenvalue weighted by atomic mass is 10.1. The predicted octanol–water partition coefficient (Wildman–Crippen LogP) is 2.36. The summed E-state index contributed by atoms with van der Waals surface area (Å²) in [5, 5.41) is 3.35. The molecule has 1 heterocycles. The van der Waals surface area contributed by atoms with Gasteiger partial charge in [0.25, 0.3) is 10.1 Å². The van der Waals surface area contributed by atoms with Crippen LogP contribution in [0.3, 0.4) is 0 Å². The predicted molar refractivity (Wildman–Crippen MR) is 115 cm³/mol. The maximum absolute atomic E-state index is 10.5. The van der Waals surface area contributed by atoms with Crippen molar-refractivity contribution in [2.45, 2.75) is 18.4 Å². The molecule has 0 spiro atoms. The zero-order chi connectivity index (χ0) is 22.1. The average Bonchev–Trinajstić information content (AvgIpc) is 2.74. The molecule has 166 valence electrons. The number of hydrogen-bond donors (Lipinski definition) is 2. The van der Waals surface area contributed by atoms with E-state index >= 15 is 0 Å². The molecule has 0 bridgehead atoms. The minimum Gasteiger partial charge on any atom is -0.493 e. The van der Waals surface area contributed by atoms with Crippen molar-refractivity contribution in [3.63, 3.8) is 0 Å². The van der Waals surface area contributed by atoms with Crippen LogP contribution in [0.4, 0.5) is 0 Å². The van der Waals surface area contributed by atoms with Crippen molar-refractivity contribution < 1.29 is 27.2 Å². The van der Waals surface area contributed by atoms with Crippen molar-refractivity contribution in [2.75, 3.05) is 47.5 Å². The molecular weight excluding hydrogens is 408 g/mol. The summed E-state index contributed by atoms with van der Waals surface area (Å²) in [5.41, 5.74) is 2.08. The summed E-state index contributed by atoms with van der Waals surface area (Å²) in [4.78, 5) is 2.34. The Morgan fingerprint density at radius 3 is 2.03 bits per heavy atom. The number of rotatable bonds is 6. The van der Waals surface area contributed by atoms with Gasteiger partial charge in [-0.1, -0.05) is 23.8 Å². The summed E-state index contributed by atoms with van der Waals surface area (Å²) in [6, 6.07) is 9.96. The Morgan fingerprint density at radius 2 is 1.53 bits per heavy atom. The van der Waals surface area contributed by atoms with E-state index in [9.17, 15) is 8.42 Å². The first-order valence-electron chi connectivity index (χ1n) is 9.55. The van der Waals surface area contributed by atoms with Crippen LogP contribution in [0.15, 0.2) is 41.3 Å². The van der Waals surface area contributed by atoms with Crippen LogP contribution in [0, 0.1) is 6.92 Å². The number of ether oxygens (including phenoxy) is 3. The fourth-order valence-corrected chi connectivity index (χ4v) is 3.59. The molecule has 0 unspecified atom stereocenters. The topological polar surface area (TPSA) is 97.3 Å². The fourth-order valence-electron chi connectivity index (χ4n) is 3.11. The Kier molecular flexibility index (Phi) is 8.91. The number of piperazine rings is 1. The average molecular weight is 439 g/mol. The third-order valence-corrected chi connectivity index (χ3v) is 5.58. The van der Waals surface area contributed by atoms with Crippen molar-refractivity contribution in [3.05, 3.63) is 47.5 Å². The van der Waals surface area contributed by atoms with Gasteiger partial charge in [-0.3, -0.25) is 9.45 Å². The van der Waals surface area contributed by atoms with E-state index in [2.05, 4.69) is 10.2 Å². The highest BCUT2D eigenvalue weighted by atomic mass is 32.2. The lowest BCUT2D eigenvalue weighted by Crippen LogP contribution is -2.42. The van der Waals surface area contributed by atoms with Gasteiger partial charge in [0.1, 0.15) is 0 Å². The second kappa shape index (κ2) is 11.2. The highest BCUT2D eigenvalue weighted by Crippen LogP contribution is 2.40. The van der Waals surface area contributed by atoms with Crippen LogP contribution in [0.25, 0.3) is 0 Å². The first-order chi connectivity index (χ1) is 14.3. The van der Waals surface area contributed by atoms with Gasteiger partial charge >= 0.3 is 0 Å². The first kappa shape index (κ1) is 23.9. The van der Waals surface area contributed by atoms with E-state index in [4.69, 9.17) is 18.8 Å². The summed E-state index contributed by atoms with van der Waals surface area (Å²) >= 11 is 0. The fraction of sp³-hybridized carbons (Fsp3) is 0.429. The van der Waals surface area contributed by atoms with Crippen molar-refractivity contribution in [1.29, 1.82) is 0 Å². The van der Waals surface area contributed by atoms with E-state index in [1.165, 1.54) is 12.1 Å². The normalized spacial score (nSPS) is 14.4. The second-order valence-electron chi connectivity index (χ2n) is 6.81. The Bertz CT molecular complexity index is 910. The zero-order valence-corrected chi connectivity index (χ0v) is 18.7. The number of benzene rings is 2. The monoisotopic (exact) mass is 438 g/mol. The Balaban J connectivity index is 0.000000248. The van der Waals surface area contributed by atoms with E-state index in [0.717, 1.165) is 49.6 Å². The molecule has 0 aromatic heterocycles. The van der Waals surface area contributed by atoms with E-state index in [1.807, 2.05) is 19.1 Å². The quantitative estimate of drug-likeness (QED) is 0.664. The van der Waals surface area contributed by atoms with Crippen LogP contribution in [-0.4, -0.2) is 65.4 Å². The number of hydrogen-bond acceptors (Lipinski definition) is 7. The first-order valence-corrected chi connectivity index (χ1v) is 11.0. The maximum atomic E-state index is 10.5. The summed E-state index contributed by atoms with van der Waals surface area (Å²) in [7, 11) is 0.912. The minimum atomic E-state index is -4.02. The third-order valence-electron chi connectivity index (χ3n) is 4.71. The van der Waals surface area contributed by atoms with Gasteiger partial charge in [0, 0.05) is 38.3 Å². The number of aryl methyl sites for hydroxylation is 1. The van der Waals surface area contributed by atoms with E-state index in [1.54, 1.807) is 33.5 Å². The standard InChI is InChI=1S/C14H22N2O3.C7H8O3S/c1-17-12-5-4-11(13(18-2)14(12)19-3)10-16-8-6-15-7-9-16;1-6-2-4-7(5-3-6)11(8,9)10/h4-5,15H,6-10H2,1-3H3;2-5H,1H3,(H,8,9,10). The summed E-state index contributed by atoms with van der Waals surface area (Å²) in [6.45, 7) is 6.89. The Hall–Kier alpha value is -2.33. The van der Waals surface area contributed by atoms with E-state index in [-0.39, 0.29) is 4.90 Å². The number of methoxy groups -OCH3 is 3. The zero-order valence-electron chi connectivity index (χ0n) is 17.8. The minimum absolute atomic E-state index is 0.0666. The van der Waals surface area contributed by atoms with E-state index in [0.29, 0.717) is 11.5 Å².